The first kappa shape index (κ1) is 17.7. The molecule has 28 heavy (non-hydrogen) atoms. The van der Waals surface area contributed by atoms with E-state index in [1.54, 1.807) is 0 Å². The minimum Gasteiger partial charge on any atom is -0.463 e. The van der Waals surface area contributed by atoms with Gasteiger partial charge in [-0.1, -0.05) is 63.3 Å². The predicted molar refractivity (Wildman–Crippen MR) is 115 cm³/mol. The van der Waals surface area contributed by atoms with Crippen molar-refractivity contribution in [2.24, 2.45) is 0 Å². The molecule has 0 spiro atoms. The highest BCUT2D eigenvalue weighted by atomic mass is 16.7. The van der Waals surface area contributed by atoms with E-state index in [1.165, 1.54) is 39.5 Å². The third kappa shape index (κ3) is 14.0. The predicted octanol–water partition coefficient (Wildman–Crippen LogP) is 6.49. The van der Waals surface area contributed by atoms with Crippen LogP contribution in [0.1, 0.15) is 105 Å². The number of carbonyl (C=O) groups is 1. The van der Waals surface area contributed by atoms with Gasteiger partial charge in [0.05, 0.1) is 13.4 Å². The van der Waals surface area contributed by atoms with Crippen LogP contribution in [0.5, 0.6) is 0 Å². The summed E-state index contributed by atoms with van der Waals surface area (Å²) in [6.45, 7) is -0.816. The van der Waals surface area contributed by atoms with Crippen LogP contribution in [0.15, 0.2) is 24.3 Å². The van der Waals surface area contributed by atoms with E-state index in [1.807, 2.05) is 0 Å². The largest absolute Gasteiger partial charge is 0.463 e. The minimum atomic E-state index is -3.00. The third-order valence-electron chi connectivity index (χ3n) is 4.33. The fourth-order valence-electron chi connectivity index (χ4n) is 2.73. The Hall–Kier alpha value is -1.13. The van der Waals surface area contributed by atoms with Gasteiger partial charge in [0, 0.05) is 6.42 Å². The molecule has 0 saturated carbocycles. The average Bonchev–Trinajstić information content (AvgIpc) is 2.87. The molecular formula is C24H42O4. The zero-order chi connectivity index (χ0) is 25.0. The second-order valence-corrected chi connectivity index (χ2v) is 7.59. The van der Waals surface area contributed by atoms with Crippen LogP contribution in [-0.2, 0) is 19.0 Å². The van der Waals surface area contributed by atoms with Crippen LogP contribution in [0.3, 0.4) is 0 Å². The van der Waals surface area contributed by atoms with Gasteiger partial charge in [0.1, 0.15) is 12.6 Å². The van der Waals surface area contributed by atoms with Gasteiger partial charge in [-0.05, 0) is 52.4 Å². The number of hydrogen-bond donors (Lipinski definition) is 0. The van der Waals surface area contributed by atoms with E-state index < -0.39 is 31.0 Å². The van der Waals surface area contributed by atoms with Crippen molar-refractivity contribution in [2.75, 3.05) is 13.1 Å². The number of hydrogen-bond acceptors (Lipinski definition) is 4. The van der Waals surface area contributed by atoms with Crippen molar-refractivity contribution in [3.63, 3.8) is 0 Å². The molecule has 0 aromatic heterocycles. The quantitative estimate of drug-likeness (QED) is 0.169. The Morgan fingerprint density at radius 2 is 1.75 bits per heavy atom. The second-order valence-electron chi connectivity index (χ2n) is 7.59. The molecule has 162 valence electrons. The summed E-state index contributed by atoms with van der Waals surface area (Å²) in [6.07, 6.45) is 17.6. The molecule has 1 atom stereocenters. The van der Waals surface area contributed by atoms with Crippen molar-refractivity contribution in [3.05, 3.63) is 24.3 Å². The molecule has 1 fully saturated rings. The van der Waals surface area contributed by atoms with Crippen LogP contribution < -0.4 is 0 Å². The van der Waals surface area contributed by atoms with Gasteiger partial charge in [0.25, 0.3) is 0 Å². The van der Waals surface area contributed by atoms with Crippen molar-refractivity contribution in [1.29, 1.82) is 0 Å². The first-order chi connectivity index (χ1) is 15.4. The summed E-state index contributed by atoms with van der Waals surface area (Å²) in [7, 11) is 0. The Bertz CT molecular complexity index is 649. The number of carbonyl (C=O) groups excluding carboxylic acids is 1. The molecule has 0 radical (unpaired) electrons. The first-order valence-electron chi connectivity index (χ1n) is 13.3. The molecule has 1 heterocycles. The average molecular weight is 400 g/mol. The zero-order valence-electron chi connectivity index (χ0n) is 22.9. The van der Waals surface area contributed by atoms with E-state index in [2.05, 4.69) is 31.2 Å². The van der Waals surface area contributed by atoms with E-state index in [4.69, 9.17) is 21.1 Å². The van der Waals surface area contributed by atoms with Crippen molar-refractivity contribution < 1.29 is 25.9 Å². The lowest BCUT2D eigenvalue weighted by Gasteiger charge is -2.16. The first-order valence-corrected chi connectivity index (χ1v) is 10.8. The SMILES string of the molecule is [2H]C([2H])(OC(=O)CCCCCCC/C=C\C/C=C\CCCCC)C1([2H])OC(C)(C)OC1([2H])[2H]. The Labute approximate surface area is 179 Å². The van der Waals surface area contributed by atoms with Crippen LogP contribution in [0.4, 0.5) is 0 Å². The normalized spacial score (nSPS) is 26.6. The maximum Gasteiger partial charge on any atom is 0.305 e. The Morgan fingerprint density at radius 3 is 2.39 bits per heavy atom. The molecule has 1 aliphatic heterocycles. The zero-order valence-corrected chi connectivity index (χ0v) is 17.9. The smallest absolute Gasteiger partial charge is 0.305 e. The van der Waals surface area contributed by atoms with Gasteiger partial charge in [-0.15, -0.1) is 0 Å². The van der Waals surface area contributed by atoms with Gasteiger partial charge in [-0.25, -0.2) is 0 Å². The summed E-state index contributed by atoms with van der Waals surface area (Å²) < 4.78 is 54.7. The number of allylic oxidation sites excluding steroid dienone is 4. The molecular weight excluding hydrogens is 352 g/mol. The van der Waals surface area contributed by atoms with E-state index in [-0.39, 0.29) is 6.42 Å². The fourth-order valence-corrected chi connectivity index (χ4v) is 2.73. The molecule has 4 nitrogen and oxygen atoms in total. The molecule has 0 bridgehead atoms. The summed E-state index contributed by atoms with van der Waals surface area (Å²) in [5, 5.41) is 0. The van der Waals surface area contributed by atoms with Crippen molar-refractivity contribution in [2.45, 2.75) is 110 Å². The fraction of sp³-hybridized carbons (Fsp3) is 0.792. The van der Waals surface area contributed by atoms with Crippen LogP contribution in [0.2, 0.25) is 0 Å². The van der Waals surface area contributed by atoms with E-state index in [9.17, 15) is 4.79 Å². The Morgan fingerprint density at radius 1 is 1.11 bits per heavy atom. The van der Waals surface area contributed by atoms with Gasteiger partial charge in [0.15, 0.2) is 5.79 Å². The molecule has 1 saturated heterocycles. The van der Waals surface area contributed by atoms with Gasteiger partial charge in [-0.3, -0.25) is 4.79 Å². The summed E-state index contributed by atoms with van der Waals surface area (Å²) in [6, 6.07) is 0. The molecule has 1 aliphatic rings. The van der Waals surface area contributed by atoms with Gasteiger partial charge in [0.2, 0.25) is 0 Å². The number of unbranched alkanes of at least 4 members (excludes halogenated alkanes) is 8. The third-order valence-corrected chi connectivity index (χ3v) is 4.33. The lowest BCUT2D eigenvalue weighted by atomic mass is 10.1. The maximum atomic E-state index is 12.1. The molecule has 4 heteroatoms. The molecule has 0 N–H and O–H groups in total. The molecule has 0 amide bonds. The molecule has 0 aromatic rings. The molecule has 0 aliphatic carbocycles. The molecule has 0 aromatic carbocycles. The van der Waals surface area contributed by atoms with Crippen LogP contribution in [0.25, 0.3) is 0 Å². The highest BCUT2D eigenvalue weighted by Gasteiger charge is 2.33. The standard InChI is InChI=1S/C24H42O4/c1-4-5-6-7-8-9-10-11-12-13-14-15-16-17-18-19-23(25)26-20-22-21-27-24(2,3)28-22/h8-9,11-12,22H,4-7,10,13-21H2,1-3H3/b9-8-,12-11-/i20D2,21D2,22D. The second kappa shape index (κ2) is 15.8. The number of rotatable bonds is 16. The lowest BCUT2D eigenvalue weighted by Crippen LogP contribution is -2.25. The van der Waals surface area contributed by atoms with Crippen LogP contribution >= 0.6 is 0 Å². The lowest BCUT2D eigenvalue weighted by molar-refractivity contribution is -0.158. The van der Waals surface area contributed by atoms with E-state index in [0.29, 0.717) is 6.42 Å². The van der Waals surface area contributed by atoms with Crippen molar-refractivity contribution >= 4 is 5.97 Å². The van der Waals surface area contributed by atoms with Crippen LogP contribution in [-0.4, -0.2) is 31.0 Å². The Kier molecular flexibility index (Phi) is 9.96. The topological polar surface area (TPSA) is 44.8 Å². The summed E-state index contributed by atoms with van der Waals surface area (Å²) in [5.41, 5.74) is 0. The molecule has 1 rings (SSSR count). The van der Waals surface area contributed by atoms with Crippen molar-refractivity contribution in [3.8, 4) is 0 Å². The van der Waals surface area contributed by atoms with Gasteiger partial charge < -0.3 is 14.2 Å². The summed E-state index contributed by atoms with van der Waals surface area (Å²) in [4.78, 5) is 12.1. The van der Waals surface area contributed by atoms with Crippen LogP contribution in [0, 0.1) is 0 Å². The van der Waals surface area contributed by atoms with Gasteiger partial charge >= 0.3 is 5.97 Å². The van der Waals surface area contributed by atoms with E-state index in [0.717, 1.165) is 38.5 Å². The number of esters is 1. The highest BCUT2D eigenvalue weighted by Crippen LogP contribution is 2.22. The number of ether oxygens (including phenoxy) is 3. The summed E-state index contributed by atoms with van der Waals surface area (Å²) in [5.74, 6) is -2.33. The van der Waals surface area contributed by atoms with E-state index >= 15 is 0 Å². The molecule has 1 unspecified atom stereocenters. The monoisotopic (exact) mass is 399 g/mol. The van der Waals surface area contributed by atoms with Crippen molar-refractivity contribution in [1.82, 2.24) is 0 Å². The maximum absolute atomic E-state index is 12.1. The highest BCUT2D eigenvalue weighted by molar-refractivity contribution is 5.69. The minimum absolute atomic E-state index is 0.00728. The van der Waals surface area contributed by atoms with Gasteiger partial charge in [-0.2, -0.15) is 0 Å². The Balaban J connectivity index is 2.17. The summed E-state index contributed by atoms with van der Waals surface area (Å²) >= 11 is 0.